The second kappa shape index (κ2) is 7.31. The zero-order valence-electron chi connectivity index (χ0n) is 9.43. The number of carboxylic acid groups (broad SMARTS) is 1. The molecule has 0 aliphatic rings. The Hall–Kier alpha value is -0.988. The van der Waals surface area contributed by atoms with E-state index in [9.17, 15) is 14.9 Å². The fourth-order valence-electron chi connectivity index (χ4n) is 0.726. The molecule has 0 bridgehead atoms. The van der Waals surface area contributed by atoms with Crippen molar-refractivity contribution in [2.45, 2.75) is 13.4 Å². The van der Waals surface area contributed by atoms with E-state index in [0.29, 0.717) is 0 Å². The van der Waals surface area contributed by atoms with E-state index in [1.165, 1.54) is 12.1 Å². The van der Waals surface area contributed by atoms with E-state index >= 15 is 0 Å². The van der Waals surface area contributed by atoms with E-state index in [1.807, 2.05) is 0 Å². The van der Waals surface area contributed by atoms with Gasteiger partial charge in [-0.2, -0.15) is 0 Å². The number of rotatable bonds is 2. The van der Waals surface area contributed by atoms with E-state index in [-0.39, 0.29) is 11.3 Å². The SMILES string of the molecule is O=C(O)c1ccc([N+](=O)[O-])cc1.[CH3][Pb]([CH3])[CH3]. The maximum absolute atomic E-state index is 10.3. The standard InChI is InChI=1S/C7H5NO4.3CH3.Pb/c9-7(10)5-1-3-6(4-2-5)8(11)12;;;;/h1-4H,(H,9,10);3*1H3;. The third-order valence-electron chi connectivity index (χ3n) is 1.33. The Bertz CT molecular complexity index is 326. The first-order chi connectivity index (χ1) is 7.34. The summed E-state index contributed by atoms with van der Waals surface area (Å²) < 4.78 is 7.14. The molecule has 0 saturated carbocycles. The predicted octanol–water partition coefficient (Wildman–Crippen LogP) is 2.66. The number of nitro groups is 1. The Morgan fingerprint density at radius 2 is 1.62 bits per heavy atom. The summed E-state index contributed by atoms with van der Waals surface area (Å²) in [5, 5.41) is 18.6. The van der Waals surface area contributed by atoms with Crippen molar-refractivity contribution in [2.75, 3.05) is 0 Å². The van der Waals surface area contributed by atoms with Gasteiger partial charge in [-0.25, -0.2) is 4.79 Å². The molecular formula is C10H14NO4Pb. The Labute approximate surface area is 102 Å². The number of aromatic carboxylic acids is 1. The van der Waals surface area contributed by atoms with Gasteiger partial charge in [-0.15, -0.1) is 0 Å². The zero-order chi connectivity index (χ0) is 12.7. The summed E-state index contributed by atoms with van der Waals surface area (Å²) in [6, 6.07) is 4.70. The summed E-state index contributed by atoms with van der Waals surface area (Å²) in [5.74, 6) is -1.09. The van der Waals surface area contributed by atoms with Gasteiger partial charge in [0.1, 0.15) is 0 Å². The van der Waals surface area contributed by atoms with Crippen molar-refractivity contribution < 1.29 is 14.8 Å². The number of carbonyl (C=O) groups is 1. The van der Waals surface area contributed by atoms with Crippen LogP contribution in [0.25, 0.3) is 0 Å². The van der Waals surface area contributed by atoms with Crippen molar-refractivity contribution >= 4 is 34.4 Å². The molecule has 0 spiro atoms. The molecule has 0 saturated heterocycles. The van der Waals surface area contributed by atoms with E-state index in [1.54, 1.807) is 0 Å². The van der Waals surface area contributed by atoms with Crippen molar-refractivity contribution in [3.63, 3.8) is 0 Å². The molecule has 1 aromatic carbocycles. The van der Waals surface area contributed by atoms with Crippen LogP contribution in [-0.4, -0.2) is 38.7 Å². The molecule has 0 aromatic heterocycles. The Morgan fingerprint density at radius 3 is 1.88 bits per heavy atom. The average molecular weight is 419 g/mol. The molecule has 0 unspecified atom stereocenters. The van der Waals surface area contributed by atoms with Gasteiger partial charge in [0.15, 0.2) is 0 Å². The topological polar surface area (TPSA) is 80.4 Å². The Balaban J connectivity index is 0.000000487. The van der Waals surface area contributed by atoms with E-state index < -0.39 is 33.6 Å². The molecular weight excluding hydrogens is 405 g/mol. The van der Waals surface area contributed by atoms with Crippen LogP contribution in [0.4, 0.5) is 5.69 Å². The van der Waals surface area contributed by atoms with Crippen LogP contribution >= 0.6 is 0 Å². The molecule has 0 amide bonds. The fourth-order valence-corrected chi connectivity index (χ4v) is 0.726. The number of non-ortho nitro benzene ring substituents is 1. The summed E-state index contributed by atoms with van der Waals surface area (Å²) in [6.45, 7) is 0. The van der Waals surface area contributed by atoms with Crippen molar-refractivity contribution in [1.82, 2.24) is 0 Å². The van der Waals surface area contributed by atoms with Gasteiger partial charge in [-0.3, -0.25) is 10.1 Å². The van der Waals surface area contributed by atoms with Crippen LogP contribution < -0.4 is 0 Å². The summed E-state index contributed by atoms with van der Waals surface area (Å²) in [5.41, 5.74) is -0.0689. The molecule has 16 heavy (non-hydrogen) atoms. The van der Waals surface area contributed by atoms with Gasteiger partial charge in [0.05, 0.1) is 10.5 Å². The number of nitro benzene ring substituents is 1. The predicted molar refractivity (Wildman–Crippen MR) is 63.4 cm³/mol. The van der Waals surface area contributed by atoms with Gasteiger partial charge in [0, 0.05) is 12.1 Å². The first-order valence-corrected chi connectivity index (χ1v) is 16.3. The maximum atomic E-state index is 10.3. The minimum absolute atomic E-state index is 0.0422. The first kappa shape index (κ1) is 15.0. The minimum atomic E-state index is -1.09. The van der Waals surface area contributed by atoms with E-state index in [2.05, 4.69) is 13.4 Å². The molecule has 6 heteroatoms. The molecule has 0 aliphatic heterocycles. The third-order valence-corrected chi connectivity index (χ3v) is 1.33. The van der Waals surface area contributed by atoms with Gasteiger partial charge in [0.2, 0.25) is 0 Å². The molecule has 1 aromatic rings. The number of nitrogens with zero attached hydrogens (tertiary/aromatic N) is 1. The summed E-state index contributed by atoms with van der Waals surface area (Å²) >= 11 is -0.657. The average Bonchev–Trinajstić information content (AvgIpc) is 2.17. The Kier molecular flexibility index (Phi) is 6.86. The van der Waals surface area contributed by atoms with Crippen LogP contribution in [0.5, 0.6) is 0 Å². The molecule has 0 fully saturated rings. The first-order valence-electron chi connectivity index (χ1n) is 4.59. The number of benzene rings is 1. The summed E-state index contributed by atoms with van der Waals surface area (Å²) in [4.78, 5) is 19.9. The molecule has 0 atom stereocenters. The molecule has 5 nitrogen and oxygen atoms in total. The molecule has 0 aliphatic carbocycles. The van der Waals surface area contributed by atoms with Gasteiger partial charge < -0.3 is 5.11 Å². The van der Waals surface area contributed by atoms with Gasteiger partial charge in [-0.05, 0) is 12.1 Å². The third kappa shape index (κ3) is 6.49. The van der Waals surface area contributed by atoms with Crippen LogP contribution in [0, 0.1) is 10.1 Å². The normalized spacial score (nSPS) is 9.25. The van der Waals surface area contributed by atoms with Crippen LogP contribution in [0.15, 0.2) is 24.3 Å². The van der Waals surface area contributed by atoms with Crippen molar-refractivity contribution in [3.8, 4) is 0 Å². The second-order valence-electron chi connectivity index (χ2n) is 3.61. The monoisotopic (exact) mass is 420 g/mol. The zero-order valence-corrected chi connectivity index (χ0v) is 13.3. The number of hydrogen-bond acceptors (Lipinski definition) is 3. The van der Waals surface area contributed by atoms with Crippen molar-refractivity contribution in [1.29, 1.82) is 0 Å². The second-order valence-corrected chi connectivity index (χ2v) is 15.3. The molecule has 87 valence electrons. The number of carboxylic acids is 1. The van der Waals surface area contributed by atoms with Crippen LogP contribution in [-0.2, 0) is 0 Å². The van der Waals surface area contributed by atoms with Crippen molar-refractivity contribution in [3.05, 3.63) is 39.9 Å². The van der Waals surface area contributed by atoms with Crippen LogP contribution in [0.2, 0.25) is 13.4 Å². The van der Waals surface area contributed by atoms with Gasteiger partial charge >= 0.3 is 42.1 Å². The van der Waals surface area contributed by atoms with Gasteiger partial charge in [0.25, 0.3) is 5.69 Å². The summed E-state index contributed by atoms with van der Waals surface area (Å²) in [7, 11) is 0. The Morgan fingerprint density at radius 1 is 1.25 bits per heavy atom. The van der Waals surface area contributed by atoms with Gasteiger partial charge in [-0.1, -0.05) is 0 Å². The molecule has 0 heterocycles. The van der Waals surface area contributed by atoms with E-state index in [0.717, 1.165) is 12.1 Å². The molecule has 1 rings (SSSR count). The number of hydrogen-bond donors (Lipinski definition) is 1. The van der Waals surface area contributed by atoms with Crippen LogP contribution in [0.3, 0.4) is 0 Å². The van der Waals surface area contributed by atoms with E-state index in [4.69, 9.17) is 5.11 Å². The molecule has 1 radical (unpaired) electrons. The fraction of sp³-hybridized carbons (Fsp3) is 0.300. The van der Waals surface area contributed by atoms with Crippen LogP contribution in [0.1, 0.15) is 10.4 Å². The quantitative estimate of drug-likeness (QED) is 0.454. The van der Waals surface area contributed by atoms with Crippen molar-refractivity contribution in [2.24, 2.45) is 0 Å². The summed E-state index contributed by atoms with van der Waals surface area (Å²) in [6.07, 6.45) is 0. The molecule has 1 N–H and O–H groups in total.